The zero-order valence-corrected chi connectivity index (χ0v) is 24.4. The highest BCUT2D eigenvalue weighted by Crippen LogP contribution is 2.33. The van der Waals surface area contributed by atoms with Crippen LogP contribution in [-0.4, -0.2) is 100 Å². The lowest BCUT2D eigenvalue weighted by atomic mass is 9.81. The van der Waals surface area contributed by atoms with Crippen LogP contribution in [0.3, 0.4) is 0 Å². The molecular weight excluding hydrogens is 556 g/mol. The van der Waals surface area contributed by atoms with Crippen molar-refractivity contribution in [1.82, 2.24) is 29.3 Å². The summed E-state index contributed by atoms with van der Waals surface area (Å²) in [5.41, 5.74) is 1.02. The van der Waals surface area contributed by atoms with E-state index in [-0.39, 0.29) is 11.7 Å². The number of hydrogen-bond donors (Lipinski definition) is 0. The third kappa shape index (κ3) is 5.91. The number of hydrogen-bond acceptors (Lipinski definition) is 8. The number of aromatic nitrogens is 4. The van der Waals surface area contributed by atoms with Crippen molar-refractivity contribution in [3.05, 3.63) is 36.2 Å². The second-order valence-electron chi connectivity index (χ2n) is 12.2. The Morgan fingerprint density at radius 3 is 2.60 bits per heavy atom. The first kappa shape index (κ1) is 28.4. The molecule has 10 nitrogen and oxygen atoms in total. The van der Waals surface area contributed by atoms with E-state index in [1.807, 2.05) is 4.90 Å². The summed E-state index contributed by atoms with van der Waals surface area (Å²) in [6, 6.07) is 9.22. The van der Waals surface area contributed by atoms with Gasteiger partial charge in [0.1, 0.15) is 5.82 Å². The van der Waals surface area contributed by atoms with E-state index in [0.29, 0.717) is 79.5 Å². The zero-order chi connectivity index (χ0) is 29.3. The zero-order valence-electron chi connectivity index (χ0n) is 24.4. The second-order valence-corrected chi connectivity index (χ2v) is 12.2. The third-order valence-corrected chi connectivity index (χ3v) is 9.54. The van der Waals surface area contributed by atoms with Crippen molar-refractivity contribution >= 4 is 22.9 Å². The summed E-state index contributed by atoms with van der Waals surface area (Å²) in [5, 5.41) is 0. The molecule has 1 aliphatic carbocycles. The Labute approximate surface area is 250 Å². The lowest BCUT2D eigenvalue weighted by Crippen LogP contribution is -2.53. The molecule has 4 fully saturated rings. The minimum atomic E-state index is -2.78. The lowest BCUT2D eigenvalue weighted by Gasteiger charge is -2.40. The maximum Gasteiger partial charge on any atom is 0.296 e. The number of carbonyl (C=O) groups is 1. The van der Waals surface area contributed by atoms with E-state index in [0.717, 1.165) is 45.3 Å². The van der Waals surface area contributed by atoms with Gasteiger partial charge in [0.25, 0.3) is 6.43 Å². The van der Waals surface area contributed by atoms with Gasteiger partial charge < -0.3 is 19.3 Å². The van der Waals surface area contributed by atoms with Gasteiger partial charge in [0.05, 0.1) is 30.9 Å². The fourth-order valence-electron chi connectivity index (χ4n) is 7.15. The maximum absolute atomic E-state index is 14.1. The Morgan fingerprint density at radius 1 is 0.977 bits per heavy atom. The molecule has 0 spiro atoms. The number of ether oxygens (including phenoxy) is 2. The Hall–Kier alpha value is -3.38. The summed E-state index contributed by atoms with van der Waals surface area (Å²) in [7, 11) is 0. The molecule has 3 saturated heterocycles. The molecule has 3 aromatic rings. The van der Waals surface area contributed by atoms with Gasteiger partial charge in [-0.15, -0.1) is 0 Å². The molecule has 1 atom stereocenters. The number of fused-ring (bicyclic) bond motifs is 2. The predicted octanol–water partition coefficient (Wildman–Crippen LogP) is 4.08. The second kappa shape index (κ2) is 12.3. The van der Waals surface area contributed by atoms with Crippen molar-refractivity contribution in [2.45, 2.75) is 51.0 Å². The number of rotatable bonds is 7. The number of para-hydroxylation sites is 2. The fourth-order valence-corrected chi connectivity index (χ4v) is 7.15. The van der Waals surface area contributed by atoms with Gasteiger partial charge in [-0.25, -0.2) is 13.8 Å². The summed E-state index contributed by atoms with van der Waals surface area (Å²) in [6.45, 7) is 6.63. The van der Waals surface area contributed by atoms with Gasteiger partial charge in [0, 0.05) is 50.7 Å². The quantitative estimate of drug-likeness (QED) is 0.404. The number of carbonyl (C=O) groups excluding carboxylic acids is 1. The SMILES string of the molecule is O=C(C1CCC(COc2cc(-n3c(C(F)F)nc4ccccc43)nc(N3CCOCC3)n2)CC1)N1CCN2CCCC2C1. The minimum absolute atomic E-state index is 0.0880. The van der Waals surface area contributed by atoms with Gasteiger partial charge >= 0.3 is 0 Å². The van der Waals surface area contributed by atoms with Crippen molar-refractivity contribution in [2.75, 3.05) is 64.0 Å². The first-order chi connectivity index (χ1) is 21.0. The van der Waals surface area contributed by atoms with E-state index in [9.17, 15) is 13.6 Å². The topological polar surface area (TPSA) is 88.8 Å². The van der Waals surface area contributed by atoms with Gasteiger partial charge in [-0.1, -0.05) is 12.1 Å². The molecule has 4 aliphatic rings. The van der Waals surface area contributed by atoms with E-state index < -0.39 is 6.43 Å². The highest BCUT2D eigenvalue weighted by atomic mass is 19.3. The normalized spacial score (nSPS) is 25.0. The maximum atomic E-state index is 14.1. The summed E-state index contributed by atoms with van der Waals surface area (Å²) in [6.07, 6.45) is 3.22. The average Bonchev–Trinajstić information content (AvgIpc) is 3.69. The molecule has 12 heteroatoms. The van der Waals surface area contributed by atoms with Crippen LogP contribution < -0.4 is 9.64 Å². The van der Waals surface area contributed by atoms with E-state index in [4.69, 9.17) is 14.5 Å². The molecule has 5 heterocycles. The van der Waals surface area contributed by atoms with Crippen molar-refractivity contribution in [3.8, 4) is 11.7 Å². The van der Waals surface area contributed by atoms with Gasteiger partial charge in [-0.2, -0.15) is 9.97 Å². The molecule has 1 amide bonds. The molecular formula is C31H39F2N7O3. The Morgan fingerprint density at radius 2 is 1.79 bits per heavy atom. The molecule has 0 radical (unpaired) electrons. The highest BCUT2D eigenvalue weighted by Gasteiger charge is 2.36. The monoisotopic (exact) mass is 595 g/mol. The van der Waals surface area contributed by atoms with Crippen LogP contribution in [0, 0.1) is 11.8 Å². The number of amides is 1. The molecule has 7 rings (SSSR count). The average molecular weight is 596 g/mol. The highest BCUT2D eigenvalue weighted by molar-refractivity contribution is 5.79. The predicted molar refractivity (Wildman–Crippen MR) is 157 cm³/mol. The summed E-state index contributed by atoms with van der Waals surface area (Å²) in [5.74, 6) is 1.41. The number of benzene rings is 1. The number of piperazine rings is 1. The van der Waals surface area contributed by atoms with Crippen molar-refractivity contribution in [2.24, 2.45) is 11.8 Å². The van der Waals surface area contributed by atoms with Crippen LogP contribution in [0.4, 0.5) is 14.7 Å². The van der Waals surface area contributed by atoms with Gasteiger partial charge in [0.2, 0.25) is 17.7 Å². The van der Waals surface area contributed by atoms with Gasteiger partial charge in [-0.3, -0.25) is 14.3 Å². The lowest BCUT2D eigenvalue weighted by molar-refractivity contribution is -0.139. The van der Waals surface area contributed by atoms with Crippen molar-refractivity contribution in [3.63, 3.8) is 0 Å². The van der Waals surface area contributed by atoms with Crippen LogP contribution >= 0.6 is 0 Å². The van der Waals surface area contributed by atoms with Crippen molar-refractivity contribution < 1.29 is 23.0 Å². The van der Waals surface area contributed by atoms with Crippen molar-refractivity contribution in [1.29, 1.82) is 0 Å². The third-order valence-electron chi connectivity index (χ3n) is 9.54. The molecule has 43 heavy (non-hydrogen) atoms. The molecule has 1 saturated carbocycles. The number of nitrogens with zero attached hydrogens (tertiary/aromatic N) is 7. The molecule has 230 valence electrons. The molecule has 0 N–H and O–H groups in total. The largest absolute Gasteiger partial charge is 0.477 e. The first-order valence-corrected chi connectivity index (χ1v) is 15.7. The number of imidazole rings is 1. The van der Waals surface area contributed by atoms with E-state index in [1.165, 1.54) is 24.0 Å². The molecule has 1 aromatic carbocycles. The Bertz CT molecular complexity index is 1440. The van der Waals surface area contributed by atoms with E-state index in [2.05, 4.69) is 19.8 Å². The minimum Gasteiger partial charge on any atom is -0.477 e. The van der Waals surface area contributed by atoms with Gasteiger partial charge in [0.15, 0.2) is 5.82 Å². The smallest absolute Gasteiger partial charge is 0.296 e. The van der Waals surface area contributed by atoms with Gasteiger partial charge in [-0.05, 0) is 63.1 Å². The van der Waals surface area contributed by atoms with E-state index in [1.54, 1.807) is 30.3 Å². The fraction of sp³-hybridized carbons (Fsp3) is 0.613. The molecule has 3 aliphatic heterocycles. The van der Waals surface area contributed by atoms with Crippen LogP contribution in [-0.2, 0) is 9.53 Å². The molecule has 1 unspecified atom stereocenters. The van der Waals surface area contributed by atoms with Crippen LogP contribution in [0.1, 0.15) is 50.8 Å². The number of halogens is 2. The number of alkyl halides is 2. The van der Waals surface area contributed by atoms with Crippen LogP contribution in [0.5, 0.6) is 5.88 Å². The van der Waals surface area contributed by atoms with Crippen LogP contribution in [0.2, 0.25) is 0 Å². The van der Waals surface area contributed by atoms with E-state index >= 15 is 0 Å². The first-order valence-electron chi connectivity index (χ1n) is 15.7. The number of morpholine rings is 1. The Kier molecular flexibility index (Phi) is 8.13. The summed E-state index contributed by atoms with van der Waals surface area (Å²) >= 11 is 0. The molecule has 0 bridgehead atoms. The van der Waals surface area contributed by atoms with Crippen LogP contribution in [0.25, 0.3) is 16.9 Å². The standard InChI is InChI=1S/C31H39F2N7O3/c32-28(33)29-34-24-5-1-2-6-25(24)40(29)26-18-27(36-31(35-26)38-14-16-42-17-15-38)43-20-21-7-9-22(10-8-21)30(41)39-13-12-37-11-3-4-23(37)19-39/h1-2,5-6,18,21-23,28H,3-4,7-17,19-20H2. The summed E-state index contributed by atoms with van der Waals surface area (Å²) in [4.78, 5) is 33.5. The summed E-state index contributed by atoms with van der Waals surface area (Å²) < 4.78 is 41.5. The Balaban J connectivity index is 1.05. The molecule has 2 aromatic heterocycles. The number of anilines is 1. The van der Waals surface area contributed by atoms with Crippen LogP contribution in [0.15, 0.2) is 30.3 Å².